The second-order valence-electron chi connectivity index (χ2n) is 6.55. The van der Waals surface area contributed by atoms with E-state index in [4.69, 9.17) is 17.8 Å². The van der Waals surface area contributed by atoms with Crippen LogP contribution in [0.3, 0.4) is 0 Å². The van der Waals surface area contributed by atoms with Crippen molar-refractivity contribution in [1.82, 2.24) is 0 Å². The van der Waals surface area contributed by atoms with Crippen LogP contribution in [-0.4, -0.2) is 35.3 Å². The van der Waals surface area contributed by atoms with E-state index in [9.17, 15) is 21.6 Å². The maximum absolute atomic E-state index is 13.5. The predicted molar refractivity (Wildman–Crippen MR) is 117 cm³/mol. The van der Waals surface area contributed by atoms with Crippen molar-refractivity contribution in [3.05, 3.63) is 72.8 Å². The molecule has 0 aromatic heterocycles. The summed E-state index contributed by atoms with van der Waals surface area (Å²) >= 11 is 0. The van der Waals surface area contributed by atoms with Crippen molar-refractivity contribution in [2.45, 2.75) is 20.2 Å². The lowest BCUT2D eigenvalue weighted by Gasteiger charge is -2.39. The molecule has 0 aliphatic rings. The Balaban J connectivity index is 2.37. The Bertz CT molecular complexity index is 1060. The summed E-state index contributed by atoms with van der Waals surface area (Å²) in [7, 11) is -5.12. The zero-order chi connectivity index (χ0) is 24.3. The minimum Gasteiger partial charge on any atom is -0.497 e. The highest BCUT2D eigenvalue weighted by Gasteiger charge is 2.52. The van der Waals surface area contributed by atoms with Crippen LogP contribution in [0.15, 0.2) is 87.5 Å². The number of ether oxygens (including phenoxy) is 3. The predicted octanol–water partition coefficient (Wildman–Crippen LogP) is 5.78. The highest BCUT2D eigenvalue weighted by Crippen LogP contribution is 2.71. The van der Waals surface area contributed by atoms with Gasteiger partial charge in [-0.3, -0.25) is 0 Å². The Morgan fingerprint density at radius 3 is 1.06 bits per heavy atom. The molecule has 0 N–H and O–H groups in total. The summed E-state index contributed by atoms with van der Waals surface area (Å²) in [5.74, 6) is 1.32. The van der Waals surface area contributed by atoms with Crippen LogP contribution in [0, 0.1) is 0 Å². The van der Waals surface area contributed by atoms with Crippen LogP contribution in [0.2, 0.25) is 0 Å². The first-order valence-corrected chi connectivity index (χ1v) is 12.3. The summed E-state index contributed by atoms with van der Waals surface area (Å²) in [5, 5.41) is 0. The molecule has 0 amide bonds. The van der Waals surface area contributed by atoms with E-state index in [1.165, 1.54) is 94.1 Å². The summed E-state index contributed by atoms with van der Waals surface area (Å²) in [6.07, 6.45) is 0. The standard InChI is InChI=1S/C22H21F3O6S2/c1-28-16-4-10-19(11-5-16)32(31-33(26,27)22(23,24)25,20-12-6-17(29-2)7-13-20)21-14-8-18(30-3)9-15-21/h4-15H,1-3H3. The summed E-state index contributed by atoms with van der Waals surface area (Å²) in [4.78, 5) is 0.643. The van der Waals surface area contributed by atoms with Gasteiger partial charge in [-0.2, -0.15) is 25.2 Å². The van der Waals surface area contributed by atoms with Gasteiger partial charge in [0.15, 0.2) is 0 Å². The van der Waals surface area contributed by atoms with Crippen molar-refractivity contribution >= 4 is 20.4 Å². The molecule has 0 aliphatic carbocycles. The van der Waals surface area contributed by atoms with Gasteiger partial charge in [0.25, 0.3) is 0 Å². The van der Waals surface area contributed by atoms with Gasteiger partial charge < -0.3 is 14.2 Å². The first-order chi connectivity index (χ1) is 15.6. The van der Waals surface area contributed by atoms with E-state index in [0.717, 1.165) is 0 Å². The van der Waals surface area contributed by atoms with Gasteiger partial charge in [-0.05, 0) is 83.1 Å². The zero-order valence-electron chi connectivity index (χ0n) is 17.8. The van der Waals surface area contributed by atoms with Crippen LogP contribution in [0.5, 0.6) is 17.2 Å². The van der Waals surface area contributed by atoms with E-state index < -0.39 is 25.9 Å². The number of benzene rings is 3. The Hall–Kier alpha value is -2.89. The molecule has 11 heteroatoms. The number of hydrogen-bond acceptors (Lipinski definition) is 6. The van der Waals surface area contributed by atoms with Gasteiger partial charge in [-0.15, -0.1) is 0 Å². The molecule has 0 saturated carbocycles. The van der Waals surface area contributed by atoms with Crippen LogP contribution in [-0.2, 0) is 13.7 Å². The van der Waals surface area contributed by atoms with Crippen LogP contribution in [0.1, 0.15) is 0 Å². The summed E-state index contributed by atoms with van der Waals surface area (Å²) in [6.45, 7) is 0. The number of alkyl halides is 3. The van der Waals surface area contributed by atoms with E-state index in [1.807, 2.05) is 0 Å². The monoisotopic (exact) mass is 502 g/mol. The normalized spacial score (nSPS) is 12.8. The lowest BCUT2D eigenvalue weighted by molar-refractivity contribution is -0.0496. The van der Waals surface area contributed by atoms with Gasteiger partial charge in [0.2, 0.25) is 0 Å². The summed E-state index contributed by atoms with van der Waals surface area (Å²) in [5.41, 5.74) is -5.63. The van der Waals surface area contributed by atoms with E-state index in [-0.39, 0.29) is 14.7 Å². The second-order valence-corrected chi connectivity index (χ2v) is 11.0. The Morgan fingerprint density at radius 1 is 0.576 bits per heavy atom. The van der Waals surface area contributed by atoms with Gasteiger partial charge in [-0.25, -0.2) is 0 Å². The number of rotatable bonds is 8. The summed E-state index contributed by atoms with van der Waals surface area (Å²) < 4.78 is 85.9. The summed E-state index contributed by atoms with van der Waals surface area (Å²) in [6, 6.07) is 18.0. The highest BCUT2D eigenvalue weighted by molar-refractivity contribution is 8.33. The van der Waals surface area contributed by atoms with E-state index in [2.05, 4.69) is 0 Å². The molecule has 0 aliphatic heterocycles. The van der Waals surface area contributed by atoms with Gasteiger partial charge in [-0.1, -0.05) is 0 Å². The molecule has 3 rings (SSSR count). The lowest BCUT2D eigenvalue weighted by atomic mass is 10.3. The van der Waals surface area contributed by atoms with Crippen molar-refractivity contribution < 1.29 is 39.4 Å². The third kappa shape index (κ3) is 4.90. The van der Waals surface area contributed by atoms with E-state index >= 15 is 0 Å². The SMILES string of the molecule is COc1ccc(S(OS(=O)(=O)C(F)(F)F)(c2ccc(OC)cc2)c2ccc(OC)cc2)cc1. The first-order valence-electron chi connectivity index (χ1n) is 9.35. The van der Waals surface area contributed by atoms with Crippen molar-refractivity contribution in [3.63, 3.8) is 0 Å². The molecule has 3 aromatic rings. The molecule has 33 heavy (non-hydrogen) atoms. The van der Waals surface area contributed by atoms with Gasteiger partial charge in [0.1, 0.15) is 17.2 Å². The van der Waals surface area contributed by atoms with E-state index in [1.54, 1.807) is 0 Å². The minimum atomic E-state index is -6.00. The van der Waals surface area contributed by atoms with Crippen LogP contribution in [0.25, 0.3) is 0 Å². The molecule has 0 saturated heterocycles. The molecule has 178 valence electrons. The molecule has 0 heterocycles. The molecule has 6 nitrogen and oxygen atoms in total. The zero-order valence-corrected chi connectivity index (χ0v) is 19.5. The smallest absolute Gasteiger partial charge is 0.497 e. The number of hydrogen-bond donors (Lipinski definition) is 0. The Kier molecular flexibility index (Phi) is 7.15. The van der Waals surface area contributed by atoms with Crippen molar-refractivity contribution in [2.75, 3.05) is 21.3 Å². The lowest BCUT2D eigenvalue weighted by Crippen LogP contribution is -2.27. The fourth-order valence-corrected chi connectivity index (χ4v) is 7.70. The third-order valence-electron chi connectivity index (χ3n) is 4.65. The van der Waals surface area contributed by atoms with E-state index in [0.29, 0.717) is 17.2 Å². The maximum atomic E-state index is 13.5. The minimum absolute atomic E-state index is 0.214. The average Bonchev–Trinajstić information content (AvgIpc) is 2.82. The number of halogens is 3. The molecule has 0 radical (unpaired) electrons. The van der Waals surface area contributed by atoms with Crippen molar-refractivity contribution in [2.24, 2.45) is 0 Å². The van der Waals surface area contributed by atoms with Gasteiger partial charge in [0, 0.05) is 14.7 Å². The topological polar surface area (TPSA) is 71.1 Å². The van der Waals surface area contributed by atoms with Crippen molar-refractivity contribution in [3.8, 4) is 17.2 Å². The molecule has 0 spiro atoms. The fourth-order valence-electron chi connectivity index (χ4n) is 3.00. The molecule has 0 unspecified atom stereocenters. The quantitative estimate of drug-likeness (QED) is 0.364. The molecule has 0 bridgehead atoms. The second kappa shape index (κ2) is 9.54. The molecular weight excluding hydrogens is 481 g/mol. The molecular formula is C22H21F3O6S2. The van der Waals surface area contributed by atoms with Crippen molar-refractivity contribution in [1.29, 1.82) is 0 Å². The van der Waals surface area contributed by atoms with Gasteiger partial charge in [0.05, 0.1) is 21.3 Å². The first kappa shape index (κ1) is 24.7. The maximum Gasteiger partial charge on any atom is 0.524 e. The number of methoxy groups -OCH3 is 3. The third-order valence-corrected chi connectivity index (χ3v) is 9.56. The largest absolute Gasteiger partial charge is 0.524 e. The Morgan fingerprint density at radius 2 is 0.848 bits per heavy atom. The van der Waals surface area contributed by atoms with Crippen LogP contribution >= 0.6 is 10.3 Å². The molecule has 0 atom stereocenters. The highest BCUT2D eigenvalue weighted by atomic mass is 32.3. The van der Waals surface area contributed by atoms with Gasteiger partial charge >= 0.3 is 15.6 Å². The van der Waals surface area contributed by atoms with Crippen LogP contribution in [0.4, 0.5) is 13.2 Å². The Labute approximate surface area is 191 Å². The molecule has 0 fully saturated rings. The fraction of sp³-hybridized carbons (Fsp3) is 0.182. The average molecular weight is 503 g/mol. The molecule has 3 aromatic carbocycles. The van der Waals surface area contributed by atoms with Crippen LogP contribution < -0.4 is 14.2 Å².